The van der Waals surface area contributed by atoms with Gasteiger partial charge in [-0.05, 0) is 270 Å². The average molecular weight is 1760 g/mol. The van der Waals surface area contributed by atoms with Gasteiger partial charge in [-0.15, -0.1) is 0 Å². The quantitative estimate of drug-likeness (QED) is 0.128. The monoisotopic (exact) mass is 1750 g/mol. The maximum absolute atomic E-state index is 9.46. The van der Waals surface area contributed by atoms with Crippen molar-refractivity contribution in [1.82, 2.24) is 0 Å². The van der Waals surface area contributed by atoms with Gasteiger partial charge in [-0.2, -0.15) is 0 Å². The van der Waals surface area contributed by atoms with E-state index in [1.807, 2.05) is 309 Å². The lowest BCUT2D eigenvalue weighted by atomic mass is 9.80. The Bertz CT molecular complexity index is 10800. The smallest absolute Gasteiger partial charge is 0.135 e. The lowest BCUT2D eigenvalue weighted by Crippen LogP contribution is -2.14. The molecular formula is C133H86O3. The van der Waals surface area contributed by atoms with Crippen LogP contribution in [0.4, 0.5) is 0 Å². The van der Waals surface area contributed by atoms with Crippen LogP contribution >= 0.6 is 0 Å². The van der Waals surface area contributed by atoms with Crippen molar-refractivity contribution < 1.29 is 46.1 Å². The number of furan rings is 3. The average Bonchev–Trinajstić information content (AvgIpc) is 1.17. The second-order valence-electron chi connectivity index (χ2n) is 34.8. The maximum atomic E-state index is 9.46. The molecule has 28 rings (SSSR count). The van der Waals surface area contributed by atoms with Crippen molar-refractivity contribution in [2.75, 3.05) is 0 Å². The molecule has 0 N–H and O–H groups in total. The van der Waals surface area contributed by atoms with Crippen LogP contribution in [0.3, 0.4) is 0 Å². The van der Waals surface area contributed by atoms with Crippen molar-refractivity contribution in [3.8, 4) is 122 Å². The van der Waals surface area contributed by atoms with Crippen molar-refractivity contribution in [2.24, 2.45) is 0 Å². The predicted octanol–water partition coefficient (Wildman–Crippen LogP) is 37.8. The Hall–Kier alpha value is -17.5. The second kappa shape index (κ2) is 32.5. The van der Waals surface area contributed by atoms with Crippen LogP contribution < -0.4 is 0 Å². The molecule has 0 radical (unpaired) electrons. The highest BCUT2D eigenvalue weighted by atomic mass is 16.3. The lowest BCUT2D eigenvalue weighted by molar-refractivity contribution is 0.660. The minimum absolute atomic E-state index is 0.186. The molecule has 24 aromatic carbocycles. The van der Waals surface area contributed by atoms with Crippen molar-refractivity contribution in [3.05, 3.63) is 496 Å². The Kier molecular flexibility index (Phi) is 13.9. The molecule has 0 bridgehead atoms. The normalized spacial score (nSPS) is 14.7. The van der Waals surface area contributed by atoms with Crippen LogP contribution in [-0.4, -0.2) is 0 Å². The van der Waals surface area contributed by atoms with Gasteiger partial charge >= 0.3 is 0 Å². The van der Waals surface area contributed by atoms with Crippen LogP contribution in [-0.2, 0) is 5.41 Å². The van der Waals surface area contributed by atoms with Gasteiger partial charge in [0.05, 0.1) is 32.9 Å². The van der Waals surface area contributed by atoms with E-state index in [0.29, 0.717) is 66.8 Å². The largest absolute Gasteiger partial charge is 0.456 e. The molecule has 1 aliphatic carbocycles. The maximum Gasteiger partial charge on any atom is 0.135 e. The minimum atomic E-state index is -0.427. The summed E-state index contributed by atoms with van der Waals surface area (Å²) in [7, 11) is 0. The number of fused-ring (bicyclic) bond motifs is 19. The Morgan fingerprint density at radius 3 is 0.846 bits per heavy atom. The third-order valence-corrected chi connectivity index (χ3v) is 27.0. The Labute approximate surface area is 820 Å². The van der Waals surface area contributed by atoms with E-state index < -0.39 is 72.5 Å². The molecule has 3 heteroatoms. The summed E-state index contributed by atoms with van der Waals surface area (Å²) in [5.41, 5.74) is 21.0. The molecule has 3 aromatic heterocycles. The third kappa shape index (κ3) is 13.2. The van der Waals surface area contributed by atoms with Gasteiger partial charge in [0.25, 0.3) is 0 Å². The number of hydrogen-bond donors (Lipinski definition) is 0. The van der Waals surface area contributed by atoms with Crippen LogP contribution in [0.5, 0.6) is 0 Å². The van der Waals surface area contributed by atoms with E-state index in [1.165, 1.54) is 0 Å². The molecule has 1 aliphatic rings. The van der Waals surface area contributed by atoms with E-state index in [2.05, 4.69) is 44.2 Å². The Morgan fingerprint density at radius 1 is 0.162 bits per heavy atom. The highest BCUT2D eigenvalue weighted by Gasteiger charge is 2.37. The highest BCUT2D eigenvalue weighted by Crippen LogP contribution is 2.56. The molecule has 0 amide bonds. The molecule has 0 saturated carbocycles. The standard InChI is InChI=1S/C47H32O.C44H28O.C42H26O/c1-47(2)40-19-9-7-17-37(40)46-38(18-11-20-41(46)47)45-35-15-5-3-13-33(35)44(34-14-4-6-16-36(34)45)30-24-22-29(23-25-30)31-26-27-43-39(28-31)32-12-8-10-21-42(32)48-43;1-2-12-30(13-3-1)33-14-4-5-16-35(33)44-38-19-8-6-17-36(38)43(37-18-7-9-20-39(37)44)31-24-22-29(23-25-31)32-26-27-42-40(28-32)34-15-10-11-21-41(34)45-42;1-2-10-30-25-32(22-19-27(30)9-1)42-36-14-5-3-12-34(36)41(35-13-4-6-15-37(35)42)29-20-17-28(18-21-29)31-23-24-40-38(26-31)33-11-7-8-16-39(33)43-40/h3-28H,1-2H3;1-28H;1-26H/i3D,4D,5D,6D,13D,14D,15D,16D;6D,7D,8D,9D,17D,18D,19D,20D;3D,4D,5D,6D,12D,13D,14D,15D. The highest BCUT2D eigenvalue weighted by molar-refractivity contribution is 6.26. The molecule has 0 spiro atoms. The molecule has 3 heterocycles. The zero-order valence-corrected chi connectivity index (χ0v) is 73.1. The predicted molar refractivity (Wildman–Crippen MR) is 576 cm³/mol. The van der Waals surface area contributed by atoms with Gasteiger partial charge in [-0.1, -0.05) is 438 Å². The number of hydrogen-bond acceptors (Lipinski definition) is 3. The first kappa shape index (κ1) is 58.3. The first-order valence-corrected chi connectivity index (χ1v) is 45.0. The van der Waals surface area contributed by atoms with Gasteiger partial charge in [0.2, 0.25) is 0 Å². The summed E-state index contributed by atoms with van der Waals surface area (Å²) in [6, 6.07) is 100. The molecule has 0 saturated heterocycles. The summed E-state index contributed by atoms with van der Waals surface area (Å²) in [5.74, 6) is 0. The van der Waals surface area contributed by atoms with E-state index in [1.54, 1.807) is 0 Å². The summed E-state index contributed by atoms with van der Waals surface area (Å²) in [6.07, 6.45) is 0. The summed E-state index contributed by atoms with van der Waals surface area (Å²) in [5, 5.41) is 10.2. The molecular weight excluding hydrogens is 1650 g/mol. The molecule has 0 unspecified atom stereocenters. The first-order valence-electron chi connectivity index (χ1n) is 57.0. The third-order valence-electron chi connectivity index (χ3n) is 27.0. The molecule has 136 heavy (non-hydrogen) atoms. The Balaban J connectivity index is 0.000000119. The molecule has 636 valence electrons. The van der Waals surface area contributed by atoms with Gasteiger partial charge in [0, 0.05) is 37.7 Å². The summed E-state index contributed by atoms with van der Waals surface area (Å²) >= 11 is 0. The zero-order valence-electron chi connectivity index (χ0n) is 97.1. The Morgan fingerprint density at radius 2 is 0.441 bits per heavy atom. The van der Waals surface area contributed by atoms with E-state index in [4.69, 9.17) is 29.7 Å². The van der Waals surface area contributed by atoms with E-state index >= 15 is 0 Å². The molecule has 27 aromatic rings. The lowest BCUT2D eigenvalue weighted by Gasteiger charge is -2.22. The van der Waals surface area contributed by atoms with Gasteiger partial charge in [-0.3, -0.25) is 0 Å². The summed E-state index contributed by atoms with van der Waals surface area (Å²) in [6.45, 7) is 4.30. The zero-order chi connectivity index (χ0) is 111. The number of benzene rings is 24. The van der Waals surface area contributed by atoms with Crippen molar-refractivity contribution >= 4 is 141 Å². The fourth-order valence-corrected chi connectivity index (χ4v) is 20.7. The minimum Gasteiger partial charge on any atom is -0.456 e. The molecule has 0 fully saturated rings. The number of rotatable bonds is 10. The van der Waals surface area contributed by atoms with E-state index in [0.717, 1.165) is 143 Å². The molecule has 0 aliphatic heterocycles. The number of para-hydroxylation sites is 3. The van der Waals surface area contributed by atoms with Gasteiger partial charge in [0.15, 0.2) is 0 Å². The van der Waals surface area contributed by atoms with Crippen molar-refractivity contribution in [1.29, 1.82) is 0 Å². The van der Waals surface area contributed by atoms with Crippen LogP contribution in [0.1, 0.15) is 57.9 Å². The van der Waals surface area contributed by atoms with E-state index in [9.17, 15) is 16.4 Å². The first-order chi connectivity index (χ1) is 77.2. The van der Waals surface area contributed by atoms with Crippen LogP contribution in [0, 0.1) is 0 Å². The van der Waals surface area contributed by atoms with Gasteiger partial charge in [0.1, 0.15) is 33.5 Å². The topological polar surface area (TPSA) is 39.4 Å². The molecule has 0 atom stereocenters. The van der Waals surface area contributed by atoms with Crippen molar-refractivity contribution in [2.45, 2.75) is 19.3 Å². The van der Waals surface area contributed by atoms with E-state index in [-0.39, 0.29) is 143 Å². The fourth-order valence-electron chi connectivity index (χ4n) is 20.7. The van der Waals surface area contributed by atoms with Crippen LogP contribution in [0.25, 0.3) is 264 Å². The van der Waals surface area contributed by atoms with Gasteiger partial charge < -0.3 is 13.3 Å². The van der Waals surface area contributed by atoms with Crippen LogP contribution in [0.2, 0.25) is 0 Å². The second-order valence-corrected chi connectivity index (χ2v) is 34.8. The molecule has 3 nitrogen and oxygen atoms in total. The summed E-state index contributed by atoms with van der Waals surface area (Å²) in [4.78, 5) is 0. The van der Waals surface area contributed by atoms with Crippen LogP contribution in [0.15, 0.2) is 498 Å². The fraction of sp³-hybridized carbons (Fsp3) is 0.0226. The summed E-state index contributed by atoms with van der Waals surface area (Å²) < 4.78 is 235. The van der Waals surface area contributed by atoms with Crippen molar-refractivity contribution in [3.63, 3.8) is 0 Å². The van der Waals surface area contributed by atoms with Gasteiger partial charge in [-0.25, -0.2) is 0 Å². The SMILES string of the molecule is [2H]c1c([2H])c([2H])c2c(-c3ccc4ccccc4c3)c3c([2H])c([2H])c([2H])c([2H])c3c(-c3ccc(-c4ccc5oc6ccccc6c5c4)cc3)c2c1[2H].[2H]c1c([2H])c([2H])c2c(-c3cccc4c3-c3ccccc3C4(C)C)c3c([2H])c([2H])c([2H])c([2H])c3c(-c3ccc(-c4ccc5oc6ccccc6c5c4)cc3)c2c1[2H].[2H]c1c([2H])c([2H])c2c(-c3ccccc3-c3ccccc3)c3c([2H])c([2H])c([2H])c([2H])c3c(-c3ccc(-c4ccc5oc6ccccc6c5c4)cc3)c2c1[2H].